The minimum Gasteiger partial charge on any atom is -0.372 e. The van der Waals surface area contributed by atoms with Crippen LogP contribution in [0.2, 0.25) is 0 Å². The first-order chi connectivity index (χ1) is 8.47. The van der Waals surface area contributed by atoms with Gasteiger partial charge in [0.2, 0.25) is 0 Å². The van der Waals surface area contributed by atoms with Gasteiger partial charge in [-0.2, -0.15) is 0 Å². The molecule has 2 atom stereocenters. The van der Waals surface area contributed by atoms with Crippen LogP contribution in [0, 0.1) is 10.1 Å². The second kappa shape index (κ2) is 5.24. The van der Waals surface area contributed by atoms with E-state index in [1.807, 2.05) is 24.8 Å². The fourth-order valence-electron chi connectivity index (χ4n) is 2.28. The average Bonchev–Trinajstić information content (AvgIpc) is 2.27. The third kappa shape index (κ3) is 2.81. The molecule has 1 fully saturated rings. The number of nitro groups is 1. The molecule has 6 heteroatoms. The number of ether oxygens (including phenoxy) is 1. The third-order valence-corrected chi connectivity index (χ3v) is 3.39. The van der Waals surface area contributed by atoms with E-state index in [1.165, 1.54) is 0 Å². The molecule has 0 radical (unpaired) electrons. The second-order valence-corrected chi connectivity index (χ2v) is 5.47. The number of nitro benzene ring substituents is 1. The molecule has 2 unspecified atom stereocenters. The Hall–Kier alpha value is -1.14. The maximum Gasteiger partial charge on any atom is 0.293 e. The van der Waals surface area contributed by atoms with Crippen LogP contribution in [-0.2, 0) is 4.74 Å². The van der Waals surface area contributed by atoms with Gasteiger partial charge in [-0.15, -0.1) is 0 Å². The van der Waals surface area contributed by atoms with Crippen LogP contribution in [0.1, 0.15) is 13.8 Å². The summed E-state index contributed by atoms with van der Waals surface area (Å²) in [7, 11) is 0. The normalized spacial score (nSPS) is 24.1. The van der Waals surface area contributed by atoms with Gasteiger partial charge >= 0.3 is 0 Å². The van der Waals surface area contributed by atoms with Crippen molar-refractivity contribution in [1.29, 1.82) is 0 Å². The summed E-state index contributed by atoms with van der Waals surface area (Å²) >= 11 is 3.26. The van der Waals surface area contributed by atoms with E-state index in [1.54, 1.807) is 12.1 Å². The molecular weight excluding hydrogens is 300 g/mol. The van der Waals surface area contributed by atoms with Gasteiger partial charge in [0, 0.05) is 23.6 Å². The summed E-state index contributed by atoms with van der Waals surface area (Å²) in [6.45, 7) is 5.31. The highest BCUT2D eigenvalue weighted by atomic mass is 79.9. The summed E-state index contributed by atoms with van der Waals surface area (Å²) in [4.78, 5) is 12.8. The lowest BCUT2D eigenvalue weighted by atomic mass is 10.2. The average molecular weight is 315 g/mol. The van der Waals surface area contributed by atoms with Gasteiger partial charge in [0.05, 0.1) is 17.1 Å². The van der Waals surface area contributed by atoms with Gasteiger partial charge < -0.3 is 9.64 Å². The molecule has 1 aliphatic rings. The number of morpholine rings is 1. The molecule has 0 amide bonds. The van der Waals surface area contributed by atoms with Gasteiger partial charge in [-0.3, -0.25) is 10.1 Å². The summed E-state index contributed by atoms with van der Waals surface area (Å²) in [5, 5.41) is 11.1. The highest BCUT2D eigenvalue weighted by Gasteiger charge is 2.27. The van der Waals surface area contributed by atoms with Gasteiger partial charge in [0.25, 0.3) is 5.69 Å². The van der Waals surface area contributed by atoms with Crippen LogP contribution in [-0.4, -0.2) is 30.2 Å². The van der Waals surface area contributed by atoms with Crippen LogP contribution < -0.4 is 4.90 Å². The standard InChI is InChI=1S/C12H15BrN2O3/c1-8-6-14(7-9(2)18-8)11-4-3-10(13)5-12(11)15(16)17/h3-5,8-9H,6-7H2,1-2H3. The molecule has 2 rings (SSSR count). The molecule has 0 aromatic heterocycles. The maximum absolute atomic E-state index is 11.1. The summed E-state index contributed by atoms with van der Waals surface area (Å²) in [5.41, 5.74) is 0.788. The van der Waals surface area contributed by atoms with E-state index in [0.717, 1.165) is 0 Å². The molecule has 1 heterocycles. The Balaban J connectivity index is 2.35. The Morgan fingerprint density at radius 1 is 1.39 bits per heavy atom. The van der Waals surface area contributed by atoms with E-state index < -0.39 is 0 Å². The van der Waals surface area contributed by atoms with Crippen LogP contribution in [0.5, 0.6) is 0 Å². The smallest absolute Gasteiger partial charge is 0.293 e. The lowest BCUT2D eigenvalue weighted by Gasteiger charge is -2.36. The number of halogens is 1. The van der Waals surface area contributed by atoms with E-state index >= 15 is 0 Å². The molecule has 1 saturated heterocycles. The van der Waals surface area contributed by atoms with Crippen molar-refractivity contribution in [2.75, 3.05) is 18.0 Å². The fraction of sp³-hybridized carbons (Fsp3) is 0.500. The van der Waals surface area contributed by atoms with Gasteiger partial charge in [0.1, 0.15) is 5.69 Å². The van der Waals surface area contributed by atoms with E-state index in [9.17, 15) is 10.1 Å². The summed E-state index contributed by atoms with van der Waals surface area (Å²) in [6.07, 6.45) is 0.161. The molecule has 0 N–H and O–H groups in total. The fourth-order valence-corrected chi connectivity index (χ4v) is 2.63. The largest absolute Gasteiger partial charge is 0.372 e. The van der Waals surface area contributed by atoms with E-state index in [4.69, 9.17) is 4.74 Å². The van der Waals surface area contributed by atoms with Crippen molar-refractivity contribution in [2.45, 2.75) is 26.1 Å². The first-order valence-electron chi connectivity index (χ1n) is 5.81. The zero-order valence-electron chi connectivity index (χ0n) is 10.3. The van der Waals surface area contributed by atoms with Crippen molar-refractivity contribution in [3.63, 3.8) is 0 Å². The van der Waals surface area contributed by atoms with Crippen molar-refractivity contribution in [2.24, 2.45) is 0 Å². The van der Waals surface area contributed by atoms with Crippen molar-refractivity contribution in [3.05, 3.63) is 32.8 Å². The van der Waals surface area contributed by atoms with Gasteiger partial charge in [-0.1, -0.05) is 15.9 Å². The number of hydrogen-bond acceptors (Lipinski definition) is 4. The van der Waals surface area contributed by atoms with E-state index in [2.05, 4.69) is 15.9 Å². The van der Waals surface area contributed by atoms with Crippen LogP contribution >= 0.6 is 15.9 Å². The van der Waals surface area contributed by atoms with Crippen LogP contribution in [0.15, 0.2) is 22.7 Å². The van der Waals surface area contributed by atoms with Gasteiger partial charge in [0.15, 0.2) is 0 Å². The Labute approximate surface area is 114 Å². The summed E-state index contributed by atoms with van der Waals surface area (Å²) < 4.78 is 6.36. The van der Waals surface area contributed by atoms with Crippen molar-refractivity contribution in [3.8, 4) is 0 Å². The lowest BCUT2D eigenvalue weighted by molar-refractivity contribution is -0.384. The molecule has 98 valence electrons. The van der Waals surface area contributed by atoms with Crippen LogP contribution in [0.4, 0.5) is 11.4 Å². The molecule has 0 bridgehead atoms. The molecular formula is C12H15BrN2O3. The molecule has 1 aromatic rings. The molecule has 0 saturated carbocycles. The Morgan fingerprint density at radius 3 is 2.56 bits per heavy atom. The Bertz CT molecular complexity index is 457. The zero-order chi connectivity index (χ0) is 13.3. The van der Waals surface area contributed by atoms with Gasteiger partial charge in [-0.25, -0.2) is 0 Å². The predicted octanol–water partition coefficient (Wildman–Crippen LogP) is 2.97. The van der Waals surface area contributed by atoms with Crippen LogP contribution in [0.25, 0.3) is 0 Å². The SMILES string of the molecule is CC1CN(c2ccc(Br)cc2[N+](=O)[O-])CC(C)O1. The quantitative estimate of drug-likeness (QED) is 0.622. The zero-order valence-corrected chi connectivity index (χ0v) is 11.9. The molecule has 0 aliphatic carbocycles. The minimum atomic E-state index is -0.342. The minimum absolute atomic E-state index is 0.0806. The first kappa shape index (κ1) is 13.3. The van der Waals surface area contributed by atoms with E-state index in [-0.39, 0.29) is 22.8 Å². The Kier molecular flexibility index (Phi) is 3.87. The molecule has 5 nitrogen and oxygen atoms in total. The number of rotatable bonds is 2. The maximum atomic E-state index is 11.1. The van der Waals surface area contributed by atoms with Gasteiger partial charge in [-0.05, 0) is 26.0 Å². The monoisotopic (exact) mass is 314 g/mol. The third-order valence-electron chi connectivity index (χ3n) is 2.89. The number of anilines is 1. The molecule has 18 heavy (non-hydrogen) atoms. The lowest BCUT2D eigenvalue weighted by Crippen LogP contribution is -2.45. The Morgan fingerprint density at radius 2 is 2.00 bits per heavy atom. The molecule has 1 aliphatic heterocycles. The highest BCUT2D eigenvalue weighted by Crippen LogP contribution is 2.32. The summed E-state index contributed by atoms with van der Waals surface area (Å²) in [6, 6.07) is 5.15. The number of benzene rings is 1. The molecule has 0 spiro atoms. The van der Waals surface area contributed by atoms with E-state index in [0.29, 0.717) is 23.2 Å². The summed E-state index contributed by atoms with van der Waals surface area (Å²) in [5.74, 6) is 0. The predicted molar refractivity (Wildman–Crippen MR) is 73.0 cm³/mol. The van der Waals surface area contributed by atoms with Crippen molar-refractivity contribution < 1.29 is 9.66 Å². The first-order valence-corrected chi connectivity index (χ1v) is 6.61. The number of nitrogens with zero attached hydrogens (tertiary/aromatic N) is 2. The number of hydrogen-bond donors (Lipinski definition) is 0. The van der Waals surface area contributed by atoms with Crippen molar-refractivity contribution in [1.82, 2.24) is 0 Å². The topological polar surface area (TPSA) is 55.6 Å². The second-order valence-electron chi connectivity index (χ2n) is 4.55. The van der Waals surface area contributed by atoms with Crippen LogP contribution in [0.3, 0.4) is 0 Å². The molecule has 1 aromatic carbocycles. The van der Waals surface area contributed by atoms with Crippen molar-refractivity contribution >= 4 is 27.3 Å². The highest BCUT2D eigenvalue weighted by molar-refractivity contribution is 9.10.